The summed E-state index contributed by atoms with van der Waals surface area (Å²) in [5.74, 6) is 0.132. The maximum Gasteiger partial charge on any atom is 0.345 e. The molecule has 1 N–H and O–H groups in total. The van der Waals surface area contributed by atoms with Gasteiger partial charge in [0, 0.05) is 12.5 Å². The Morgan fingerprint density at radius 1 is 1.14 bits per heavy atom. The summed E-state index contributed by atoms with van der Waals surface area (Å²) in [7, 11) is 1.56. The fourth-order valence-corrected chi connectivity index (χ4v) is 2.29. The normalized spacial score (nSPS) is 11.8. The molecular formula is C18H20O4. The average molecular weight is 300 g/mol. The van der Waals surface area contributed by atoms with Crippen molar-refractivity contribution in [3.8, 4) is 11.5 Å². The highest BCUT2D eigenvalue weighted by molar-refractivity contribution is 5.73. The lowest BCUT2D eigenvalue weighted by Crippen LogP contribution is -2.29. The monoisotopic (exact) mass is 300 g/mol. The number of hydrogen-bond acceptors (Lipinski definition) is 3. The van der Waals surface area contributed by atoms with Gasteiger partial charge in [-0.2, -0.15) is 0 Å². The van der Waals surface area contributed by atoms with Crippen LogP contribution in [-0.4, -0.2) is 24.3 Å². The third kappa shape index (κ3) is 4.01. The van der Waals surface area contributed by atoms with Crippen molar-refractivity contribution in [3.63, 3.8) is 0 Å². The lowest BCUT2D eigenvalue weighted by Gasteiger charge is -2.17. The summed E-state index contributed by atoms with van der Waals surface area (Å²) in [6.07, 6.45) is -0.618. The van der Waals surface area contributed by atoms with Crippen molar-refractivity contribution in [1.29, 1.82) is 0 Å². The quantitative estimate of drug-likeness (QED) is 0.888. The Morgan fingerprint density at radius 3 is 2.50 bits per heavy atom. The second-order valence-electron chi connectivity index (χ2n) is 5.26. The second kappa shape index (κ2) is 6.98. The fourth-order valence-electron chi connectivity index (χ4n) is 2.29. The van der Waals surface area contributed by atoms with Crippen molar-refractivity contribution in [2.24, 2.45) is 0 Å². The number of ether oxygens (including phenoxy) is 2. The zero-order chi connectivity index (χ0) is 16.1. The Hall–Kier alpha value is -2.49. The fraction of sp³-hybridized carbons (Fsp3) is 0.278. The largest absolute Gasteiger partial charge is 0.497 e. The summed E-state index contributed by atoms with van der Waals surface area (Å²) in [6.45, 7) is 3.99. The van der Waals surface area contributed by atoms with Gasteiger partial charge in [0.05, 0.1) is 7.11 Å². The van der Waals surface area contributed by atoms with E-state index in [1.54, 1.807) is 31.4 Å². The molecule has 0 saturated carbocycles. The predicted octanol–water partition coefficient (Wildman–Crippen LogP) is 3.39. The molecule has 2 rings (SSSR count). The van der Waals surface area contributed by atoms with Crippen LogP contribution >= 0.6 is 0 Å². The summed E-state index contributed by atoms with van der Waals surface area (Å²) < 4.78 is 10.7. The molecule has 0 aromatic heterocycles. The number of carboxylic acid groups (broad SMARTS) is 1. The first kappa shape index (κ1) is 15.9. The molecule has 22 heavy (non-hydrogen) atoms. The molecule has 4 nitrogen and oxygen atoms in total. The highest BCUT2D eigenvalue weighted by Crippen LogP contribution is 2.22. The molecule has 0 bridgehead atoms. The molecule has 0 aliphatic carbocycles. The van der Waals surface area contributed by atoms with Crippen LogP contribution in [0.5, 0.6) is 11.5 Å². The Balaban J connectivity index is 2.17. The van der Waals surface area contributed by atoms with Gasteiger partial charge in [0.25, 0.3) is 0 Å². The lowest BCUT2D eigenvalue weighted by molar-refractivity contribution is -0.145. The minimum absolute atomic E-state index is 0.318. The van der Waals surface area contributed by atoms with Gasteiger partial charge in [0.2, 0.25) is 0 Å². The Bertz CT molecular complexity index is 664. The number of benzene rings is 2. The molecule has 0 unspecified atom stereocenters. The van der Waals surface area contributed by atoms with Crippen molar-refractivity contribution in [2.45, 2.75) is 26.4 Å². The number of rotatable bonds is 6. The van der Waals surface area contributed by atoms with E-state index >= 15 is 0 Å². The molecule has 0 aliphatic rings. The van der Waals surface area contributed by atoms with Gasteiger partial charge >= 0.3 is 5.97 Å². The van der Waals surface area contributed by atoms with Crippen molar-refractivity contribution >= 4 is 5.97 Å². The van der Waals surface area contributed by atoms with Gasteiger partial charge in [-0.15, -0.1) is 0 Å². The number of hydrogen-bond donors (Lipinski definition) is 1. The van der Waals surface area contributed by atoms with Crippen LogP contribution in [0.4, 0.5) is 0 Å². The van der Waals surface area contributed by atoms with Crippen LogP contribution in [0.1, 0.15) is 16.7 Å². The number of methoxy groups -OCH3 is 1. The summed E-state index contributed by atoms with van der Waals surface area (Å²) in [6, 6.07) is 12.9. The zero-order valence-corrected chi connectivity index (χ0v) is 13.0. The number of aliphatic carboxylic acids is 1. The topological polar surface area (TPSA) is 55.8 Å². The van der Waals surface area contributed by atoms with E-state index in [9.17, 15) is 9.90 Å². The Labute approximate surface area is 130 Å². The molecule has 0 aliphatic heterocycles. The van der Waals surface area contributed by atoms with Gasteiger partial charge in [-0.05, 0) is 37.1 Å². The molecule has 1 atom stereocenters. The highest BCUT2D eigenvalue weighted by Gasteiger charge is 2.21. The van der Waals surface area contributed by atoms with Crippen LogP contribution in [0, 0.1) is 13.8 Å². The van der Waals surface area contributed by atoms with E-state index in [1.165, 1.54) is 0 Å². The summed E-state index contributed by atoms with van der Waals surface area (Å²) in [5, 5.41) is 9.41. The second-order valence-corrected chi connectivity index (χ2v) is 5.26. The first-order valence-corrected chi connectivity index (χ1v) is 7.09. The number of aryl methyl sites for hydroxylation is 2. The molecule has 116 valence electrons. The molecule has 0 heterocycles. The van der Waals surface area contributed by atoms with Crippen LogP contribution in [-0.2, 0) is 11.2 Å². The van der Waals surface area contributed by atoms with Crippen LogP contribution in [0.25, 0.3) is 0 Å². The predicted molar refractivity (Wildman–Crippen MR) is 84.7 cm³/mol. The molecule has 0 amide bonds. The third-order valence-electron chi connectivity index (χ3n) is 3.50. The average Bonchev–Trinajstić information content (AvgIpc) is 2.49. The van der Waals surface area contributed by atoms with Crippen molar-refractivity contribution in [3.05, 3.63) is 59.2 Å². The lowest BCUT2D eigenvalue weighted by atomic mass is 10.0. The van der Waals surface area contributed by atoms with E-state index in [0.717, 1.165) is 16.7 Å². The minimum Gasteiger partial charge on any atom is -0.497 e. The van der Waals surface area contributed by atoms with E-state index < -0.39 is 12.1 Å². The van der Waals surface area contributed by atoms with Crippen molar-refractivity contribution in [2.75, 3.05) is 7.11 Å². The molecule has 0 radical (unpaired) electrons. The molecule has 4 heteroatoms. The summed E-state index contributed by atoms with van der Waals surface area (Å²) in [4.78, 5) is 11.5. The maximum absolute atomic E-state index is 11.5. The van der Waals surface area contributed by atoms with Gasteiger partial charge in [0.15, 0.2) is 6.10 Å². The van der Waals surface area contributed by atoms with Crippen LogP contribution in [0.3, 0.4) is 0 Å². The standard InChI is InChI=1S/C18H20O4/c1-12-7-8-14(13(2)9-12)10-17(18(19)20)22-16-6-4-5-15(11-16)21-3/h4-9,11,17H,10H2,1-3H3,(H,19,20)/t17-/m0/s1. The first-order valence-electron chi connectivity index (χ1n) is 7.09. The first-order chi connectivity index (χ1) is 10.5. The van der Waals surface area contributed by atoms with Crippen LogP contribution in [0.2, 0.25) is 0 Å². The third-order valence-corrected chi connectivity index (χ3v) is 3.50. The van der Waals surface area contributed by atoms with E-state index in [-0.39, 0.29) is 0 Å². The smallest absolute Gasteiger partial charge is 0.345 e. The molecule has 0 fully saturated rings. The molecule has 2 aromatic rings. The Morgan fingerprint density at radius 2 is 1.86 bits per heavy atom. The summed E-state index contributed by atoms with van der Waals surface area (Å²) in [5.41, 5.74) is 3.20. The van der Waals surface area contributed by atoms with E-state index in [0.29, 0.717) is 17.9 Å². The zero-order valence-electron chi connectivity index (χ0n) is 13.0. The number of carbonyl (C=O) groups is 1. The van der Waals surface area contributed by atoms with Gasteiger partial charge in [-0.1, -0.05) is 29.8 Å². The molecular weight excluding hydrogens is 280 g/mol. The highest BCUT2D eigenvalue weighted by atomic mass is 16.5. The number of carboxylic acids is 1. The molecule has 0 saturated heterocycles. The maximum atomic E-state index is 11.5. The molecule has 2 aromatic carbocycles. The van der Waals surface area contributed by atoms with Crippen molar-refractivity contribution in [1.82, 2.24) is 0 Å². The van der Waals surface area contributed by atoms with Crippen LogP contribution < -0.4 is 9.47 Å². The van der Waals surface area contributed by atoms with E-state index in [4.69, 9.17) is 9.47 Å². The van der Waals surface area contributed by atoms with Crippen LogP contribution in [0.15, 0.2) is 42.5 Å². The van der Waals surface area contributed by atoms with E-state index in [2.05, 4.69) is 0 Å². The minimum atomic E-state index is -0.984. The van der Waals surface area contributed by atoms with Gasteiger partial charge in [0.1, 0.15) is 11.5 Å². The van der Waals surface area contributed by atoms with E-state index in [1.807, 2.05) is 32.0 Å². The van der Waals surface area contributed by atoms with Gasteiger partial charge in [-0.3, -0.25) is 0 Å². The molecule has 0 spiro atoms. The summed E-state index contributed by atoms with van der Waals surface area (Å²) >= 11 is 0. The Kier molecular flexibility index (Phi) is 5.04. The van der Waals surface area contributed by atoms with Crippen molar-refractivity contribution < 1.29 is 19.4 Å². The van der Waals surface area contributed by atoms with Gasteiger partial charge < -0.3 is 14.6 Å². The SMILES string of the molecule is COc1cccc(O[C@@H](Cc2ccc(C)cc2C)C(=O)O)c1. The van der Waals surface area contributed by atoms with Gasteiger partial charge in [-0.25, -0.2) is 4.79 Å².